The molecular formula is C17H17BrClN. The van der Waals surface area contributed by atoms with Gasteiger partial charge in [-0.05, 0) is 65.4 Å². The van der Waals surface area contributed by atoms with Crippen LogP contribution in [0.1, 0.15) is 30.0 Å². The van der Waals surface area contributed by atoms with Crippen LogP contribution in [0, 0.1) is 12.8 Å². The molecule has 0 heterocycles. The summed E-state index contributed by atoms with van der Waals surface area (Å²) in [6, 6.07) is 15.2. The molecule has 2 aromatic carbocycles. The fraction of sp³-hybridized carbons (Fsp3) is 0.294. The van der Waals surface area contributed by atoms with Crippen LogP contribution in [0.3, 0.4) is 0 Å². The summed E-state index contributed by atoms with van der Waals surface area (Å²) in [5.74, 6) is 0.736. The second-order valence-electron chi connectivity index (χ2n) is 5.50. The van der Waals surface area contributed by atoms with Crippen LogP contribution in [-0.4, -0.2) is 0 Å². The van der Waals surface area contributed by atoms with Crippen LogP contribution in [0.25, 0.3) is 0 Å². The zero-order chi connectivity index (χ0) is 14.1. The average molecular weight is 351 g/mol. The fourth-order valence-corrected chi connectivity index (χ4v) is 2.87. The molecule has 0 saturated heterocycles. The van der Waals surface area contributed by atoms with Crippen molar-refractivity contribution in [2.45, 2.75) is 25.8 Å². The molecule has 3 rings (SSSR count). The molecule has 1 aliphatic carbocycles. The van der Waals surface area contributed by atoms with E-state index in [0.29, 0.717) is 6.04 Å². The SMILES string of the molecule is Cc1ccc(C(Nc2ccc(Br)c(Cl)c2)C2CC2)cc1. The second-order valence-corrected chi connectivity index (χ2v) is 6.76. The lowest BCUT2D eigenvalue weighted by molar-refractivity contribution is 0.679. The lowest BCUT2D eigenvalue weighted by Crippen LogP contribution is -2.12. The van der Waals surface area contributed by atoms with Gasteiger partial charge in [-0.2, -0.15) is 0 Å². The maximum absolute atomic E-state index is 6.17. The van der Waals surface area contributed by atoms with Gasteiger partial charge >= 0.3 is 0 Å². The second kappa shape index (κ2) is 5.79. The summed E-state index contributed by atoms with van der Waals surface area (Å²) in [5.41, 5.74) is 3.74. The van der Waals surface area contributed by atoms with Gasteiger partial charge in [-0.1, -0.05) is 41.4 Å². The van der Waals surface area contributed by atoms with Crippen LogP contribution in [0.15, 0.2) is 46.9 Å². The lowest BCUT2D eigenvalue weighted by Gasteiger charge is -2.20. The topological polar surface area (TPSA) is 12.0 Å². The normalized spacial score (nSPS) is 15.9. The Balaban J connectivity index is 1.84. The molecule has 0 bridgehead atoms. The van der Waals surface area contributed by atoms with Gasteiger partial charge in [0.1, 0.15) is 0 Å². The Morgan fingerprint density at radius 2 is 1.85 bits per heavy atom. The standard InChI is InChI=1S/C17H17BrClN/c1-11-2-4-12(5-3-11)17(13-6-7-13)20-14-8-9-15(18)16(19)10-14/h2-5,8-10,13,17,20H,6-7H2,1H3. The summed E-state index contributed by atoms with van der Waals surface area (Å²) in [5, 5.41) is 4.38. The number of aryl methyl sites for hydroxylation is 1. The summed E-state index contributed by atoms with van der Waals surface area (Å²) >= 11 is 9.60. The highest BCUT2D eigenvalue weighted by Gasteiger charge is 2.32. The van der Waals surface area contributed by atoms with E-state index in [1.165, 1.54) is 24.0 Å². The first-order valence-corrected chi connectivity index (χ1v) is 8.09. The van der Waals surface area contributed by atoms with Crippen LogP contribution in [0.5, 0.6) is 0 Å². The lowest BCUT2D eigenvalue weighted by atomic mass is 10.0. The molecule has 0 radical (unpaired) electrons. The van der Waals surface area contributed by atoms with Gasteiger partial charge in [0.25, 0.3) is 0 Å². The zero-order valence-electron chi connectivity index (χ0n) is 11.4. The first kappa shape index (κ1) is 14.0. The largest absolute Gasteiger partial charge is 0.378 e. The molecule has 0 amide bonds. The molecule has 0 aliphatic heterocycles. The minimum absolute atomic E-state index is 0.382. The van der Waals surface area contributed by atoms with E-state index in [1.54, 1.807) is 0 Å². The van der Waals surface area contributed by atoms with Crippen molar-refractivity contribution in [1.29, 1.82) is 0 Å². The number of halogens is 2. The number of benzene rings is 2. The van der Waals surface area contributed by atoms with Crippen LogP contribution < -0.4 is 5.32 Å². The Morgan fingerprint density at radius 1 is 1.15 bits per heavy atom. The highest BCUT2D eigenvalue weighted by atomic mass is 79.9. The third-order valence-electron chi connectivity index (χ3n) is 3.77. The molecule has 3 heteroatoms. The minimum atomic E-state index is 0.382. The number of hydrogen-bond donors (Lipinski definition) is 1. The van der Waals surface area contributed by atoms with Gasteiger partial charge < -0.3 is 5.32 Å². The monoisotopic (exact) mass is 349 g/mol. The van der Waals surface area contributed by atoms with Gasteiger partial charge in [0.05, 0.1) is 11.1 Å². The van der Waals surface area contributed by atoms with Crippen LogP contribution in [-0.2, 0) is 0 Å². The summed E-state index contributed by atoms with van der Waals surface area (Å²) in [7, 11) is 0. The maximum Gasteiger partial charge on any atom is 0.0568 e. The molecular weight excluding hydrogens is 334 g/mol. The van der Waals surface area contributed by atoms with E-state index in [1.807, 2.05) is 12.1 Å². The van der Waals surface area contributed by atoms with Gasteiger partial charge in [-0.3, -0.25) is 0 Å². The maximum atomic E-state index is 6.17. The molecule has 1 unspecified atom stereocenters. The van der Waals surface area contributed by atoms with Crippen molar-refractivity contribution in [3.8, 4) is 0 Å². The summed E-state index contributed by atoms with van der Waals surface area (Å²) in [6.45, 7) is 2.12. The van der Waals surface area contributed by atoms with Crippen LogP contribution in [0.2, 0.25) is 5.02 Å². The number of anilines is 1. The minimum Gasteiger partial charge on any atom is -0.378 e. The predicted molar refractivity (Wildman–Crippen MR) is 89.4 cm³/mol. The van der Waals surface area contributed by atoms with Crippen molar-refractivity contribution in [3.63, 3.8) is 0 Å². The van der Waals surface area contributed by atoms with Gasteiger partial charge in [0.2, 0.25) is 0 Å². The van der Waals surface area contributed by atoms with Gasteiger partial charge in [-0.25, -0.2) is 0 Å². The van der Waals surface area contributed by atoms with Crippen molar-refractivity contribution >= 4 is 33.2 Å². The summed E-state index contributed by atoms with van der Waals surface area (Å²) in [6.07, 6.45) is 2.60. The van der Waals surface area contributed by atoms with E-state index < -0.39 is 0 Å². The first-order chi connectivity index (χ1) is 9.63. The van der Waals surface area contributed by atoms with Crippen molar-refractivity contribution < 1.29 is 0 Å². The third-order valence-corrected chi connectivity index (χ3v) is 5.00. The molecule has 0 aromatic heterocycles. The molecule has 1 nitrogen and oxygen atoms in total. The Kier molecular flexibility index (Phi) is 4.04. The van der Waals surface area contributed by atoms with Crippen molar-refractivity contribution in [3.05, 3.63) is 63.1 Å². The summed E-state index contributed by atoms with van der Waals surface area (Å²) in [4.78, 5) is 0. The van der Waals surface area contributed by atoms with E-state index in [9.17, 15) is 0 Å². The Bertz CT molecular complexity index is 605. The van der Waals surface area contributed by atoms with Crippen molar-refractivity contribution in [1.82, 2.24) is 0 Å². The molecule has 1 N–H and O–H groups in total. The Hall–Kier alpha value is -0.990. The van der Waals surface area contributed by atoms with Crippen molar-refractivity contribution in [2.75, 3.05) is 5.32 Å². The zero-order valence-corrected chi connectivity index (χ0v) is 13.7. The quantitative estimate of drug-likeness (QED) is 0.716. The predicted octanol–water partition coefficient (Wildman–Crippen LogP) is 5.97. The molecule has 104 valence electrons. The molecule has 1 aliphatic rings. The molecule has 1 atom stereocenters. The van der Waals surface area contributed by atoms with E-state index in [0.717, 1.165) is 21.1 Å². The van der Waals surface area contributed by atoms with Gasteiger partial charge in [0, 0.05) is 10.2 Å². The molecule has 0 spiro atoms. The third kappa shape index (κ3) is 3.18. The smallest absolute Gasteiger partial charge is 0.0568 e. The number of nitrogens with one attached hydrogen (secondary N) is 1. The average Bonchev–Trinajstić information content (AvgIpc) is 3.26. The van der Waals surface area contributed by atoms with Gasteiger partial charge in [0.15, 0.2) is 0 Å². The Labute approximate surface area is 133 Å². The molecule has 20 heavy (non-hydrogen) atoms. The molecule has 1 saturated carbocycles. The van der Waals surface area contributed by atoms with E-state index in [2.05, 4.69) is 58.5 Å². The van der Waals surface area contributed by atoms with E-state index in [4.69, 9.17) is 11.6 Å². The summed E-state index contributed by atoms with van der Waals surface area (Å²) < 4.78 is 0.933. The highest BCUT2D eigenvalue weighted by Crippen LogP contribution is 2.43. The number of hydrogen-bond acceptors (Lipinski definition) is 1. The molecule has 2 aromatic rings. The van der Waals surface area contributed by atoms with Crippen molar-refractivity contribution in [2.24, 2.45) is 5.92 Å². The fourth-order valence-electron chi connectivity index (χ4n) is 2.44. The van der Waals surface area contributed by atoms with Crippen LogP contribution >= 0.6 is 27.5 Å². The van der Waals surface area contributed by atoms with Crippen LogP contribution in [0.4, 0.5) is 5.69 Å². The molecule has 1 fully saturated rings. The highest BCUT2D eigenvalue weighted by molar-refractivity contribution is 9.10. The van der Waals surface area contributed by atoms with Gasteiger partial charge in [-0.15, -0.1) is 0 Å². The number of rotatable bonds is 4. The Morgan fingerprint density at radius 3 is 2.45 bits per heavy atom. The van der Waals surface area contributed by atoms with E-state index in [-0.39, 0.29) is 0 Å². The first-order valence-electron chi connectivity index (χ1n) is 6.91. The van der Waals surface area contributed by atoms with E-state index >= 15 is 0 Å².